The Morgan fingerprint density at radius 3 is 2.60 bits per heavy atom. The number of amides is 1. The first-order valence-corrected chi connectivity index (χ1v) is 7.91. The van der Waals surface area contributed by atoms with E-state index in [1.54, 1.807) is 36.4 Å². The predicted octanol–water partition coefficient (Wildman–Crippen LogP) is 4.04. The molecule has 0 atom stereocenters. The fourth-order valence-electron chi connectivity index (χ4n) is 2.60. The van der Waals surface area contributed by atoms with Crippen LogP contribution in [-0.2, 0) is 6.42 Å². The normalized spacial score (nSPS) is 10.5. The van der Waals surface area contributed by atoms with E-state index in [9.17, 15) is 9.18 Å². The Kier molecular flexibility index (Phi) is 4.79. The summed E-state index contributed by atoms with van der Waals surface area (Å²) in [7, 11) is 1.52. The second-order valence-electron chi connectivity index (χ2n) is 5.44. The molecule has 3 aromatic rings. The first kappa shape index (κ1) is 16.7. The van der Waals surface area contributed by atoms with Crippen molar-refractivity contribution in [2.45, 2.75) is 13.3 Å². The number of aromatic nitrogens is 2. The van der Waals surface area contributed by atoms with E-state index in [2.05, 4.69) is 15.5 Å². The minimum atomic E-state index is -0.324. The van der Waals surface area contributed by atoms with Crippen LogP contribution in [0.3, 0.4) is 0 Å². The van der Waals surface area contributed by atoms with Gasteiger partial charge in [0.25, 0.3) is 5.91 Å². The van der Waals surface area contributed by atoms with E-state index in [1.165, 1.54) is 19.2 Å². The van der Waals surface area contributed by atoms with E-state index in [-0.39, 0.29) is 11.7 Å². The van der Waals surface area contributed by atoms with E-state index in [0.717, 1.165) is 5.69 Å². The Hall–Kier alpha value is -3.15. The summed E-state index contributed by atoms with van der Waals surface area (Å²) in [5, 5.41) is 10.1. The van der Waals surface area contributed by atoms with E-state index < -0.39 is 0 Å². The topological polar surface area (TPSA) is 67.0 Å². The molecule has 0 aliphatic carbocycles. The van der Waals surface area contributed by atoms with Gasteiger partial charge >= 0.3 is 0 Å². The molecule has 0 fully saturated rings. The Bertz CT molecular complexity index is 888. The van der Waals surface area contributed by atoms with Gasteiger partial charge in [0.05, 0.1) is 24.1 Å². The number of nitrogens with one attached hydrogen (secondary N) is 2. The number of para-hydroxylation sites is 1. The number of halogens is 1. The first-order chi connectivity index (χ1) is 12.1. The van der Waals surface area contributed by atoms with Gasteiger partial charge in [-0.1, -0.05) is 19.1 Å². The van der Waals surface area contributed by atoms with Crippen LogP contribution in [0.2, 0.25) is 0 Å². The fourth-order valence-corrected chi connectivity index (χ4v) is 2.60. The summed E-state index contributed by atoms with van der Waals surface area (Å²) in [6.07, 6.45) is 0.662. The first-order valence-electron chi connectivity index (χ1n) is 7.91. The summed E-state index contributed by atoms with van der Waals surface area (Å²) in [6.45, 7) is 1.96. The van der Waals surface area contributed by atoms with Gasteiger partial charge in [0, 0.05) is 5.56 Å². The average molecular weight is 339 g/mol. The zero-order valence-electron chi connectivity index (χ0n) is 14.0. The van der Waals surface area contributed by atoms with Gasteiger partial charge in [0.15, 0.2) is 0 Å². The predicted molar refractivity (Wildman–Crippen MR) is 94.3 cm³/mol. The summed E-state index contributed by atoms with van der Waals surface area (Å²) >= 11 is 0. The molecule has 2 aromatic carbocycles. The van der Waals surface area contributed by atoms with Crippen LogP contribution in [0.5, 0.6) is 5.75 Å². The molecule has 6 heteroatoms. The molecule has 2 N–H and O–H groups in total. The summed E-state index contributed by atoms with van der Waals surface area (Å²) in [5.41, 5.74) is 3.10. The molecule has 128 valence electrons. The van der Waals surface area contributed by atoms with Gasteiger partial charge in [0.1, 0.15) is 17.3 Å². The van der Waals surface area contributed by atoms with Crippen LogP contribution in [0.15, 0.2) is 48.5 Å². The van der Waals surface area contributed by atoms with Gasteiger partial charge in [-0.25, -0.2) is 4.39 Å². The van der Waals surface area contributed by atoms with Crippen molar-refractivity contribution >= 4 is 11.6 Å². The van der Waals surface area contributed by atoms with E-state index in [4.69, 9.17) is 4.74 Å². The van der Waals surface area contributed by atoms with E-state index >= 15 is 0 Å². The maximum atomic E-state index is 13.2. The van der Waals surface area contributed by atoms with Crippen molar-refractivity contribution in [1.29, 1.82) is 0 Å². The van der Waals surface area contributed by atoms with Gasteiger partial charge in [-0.05, 0) is 42.8 Å². The molecule has 0 aliphatic heterocycles. The summed E-state index contributed by atoms with van der Waals surface area (Å²) in [4.78, 5) is 12.7. The van der Waals surface area contributed by atoms with Gasteiger partial charge < -0.3 is 10.1 Å². The molecule has 0 saturated carbocycles. The van der Waals surface area contributed by atoms with Gasteiger partial charge in [0.2, 0.25) is 0 Å². The number of aromatic amines is 1. The Balaban J connectivity index is 1.98. The molecule has 0 bridgehead atoms. The second-order valence-corrected chi connectivity index (χ2v) is 5.44. The molecule has 5 nitrogen and oxygen atoms in total. The number of anilines is 1. The molecular weight excluding hydrogens is 321 g/mol. The fraction of sp³-hybridized carbons (Fsp3) is 0.158. The average Bonchev–Trinajstić information content (AvgIpc) is 3.04. The maximum Gasteiger partial charge on any atom is 0.259 e. The number of nitrogens with zero attached hydrogens (tertiary/aromatic N) is 1. The Labute approximate surface area is 144 Å². The third-order valence-electron chi connectivity index (χ3n) is 3.90. The monoisotopic (exact) mass is 339 g/mol. The van der Waals surface area contributed by atoms with Crippen LogP contribution in [0.4, 0.5) is 10.1 Å². The number of ether oxygens (including phenoxy) is 1. The molecule has 0 unspecified atom stereocenters. The number of benzene rings is 2. The second kappa shape index (κ2) is 7.17. The van der Waals surface area contributed by atoms with Gasteiger partial charge in [-0.2, -0.15) is 5.10 Å². The zero-order chi connectivity index (χ0) is 17.8. The number of hydrogen-bond donors (Lipinski definition) is 2. The van der Waals surface area contributed by atoms with Gasteiger partial charge in [-0.15, -0.1) is 0 Å². The minimum absolute atomic E-state index is 0.295. The quantitative estimate of drug-likeness (QED) is 0.737. The molecule has 3 rings (SSSR count). The van der Waals surface area contributed by atoms with Crippen molar-refractivity contribution in [1.82, 2.24) is 10.2 Å². The van der Waals surface area contributed by atoms with Crippen LogP contribution in [0.1, 0.15) is 23.0 Å². The van der Waals surface area contributed by atoms with Crippen LogP contribution in [0.25, 0.3) is 11.3 Å². The molecule has 1 amide bonds. The van der Waals surface area contributed by atoms with Crippen molar-refractivity contribution in [3.8, 4) is 17.0 Å². The van der Waals surface area contributed by atoms with E-state index in [1.807, 2.05) is 6.92 Å². The van der Waals surface area contributed by atoms with Crippen molar-refractivity contribution in [2.75, 3.05) is 12.4 Å². The molecule has 0 saturated heterocycles. The highest BCUT2D eigenvalue weighted by Crippen LogP contribution is 2.30. The minimum Gasteiger partial charge on any atom is -0.496 e. The lowest BCUT2D eigenvalue weighted by Gasteiger charge is -2.10. The highest BCUT2D eigenvalue weighted by molar-refractivity contribution is 6.08. The lowest BCUT2D eigenvalue weighted by Crippen LogP contribution is -2.14. The highest BCUT2D eigenvalue weighted by atomic mass is 19.1. The molecule has 0 spiro atoms. The number of methoxy groups -OCH3 is 1. The molecule has 1 heterocycles. The summed E-state index contributed by atoms with van der Waals surface area (Å²) in [6, 6.07) is 13.0. The molecule has 0 aliphatic rings. The maximum absolute atomic E-state index is 13.2. The van der Waals surface area contributed by atoms with Crippen molar-refractivity contribution in [3.05, 3.63) is 65.6 Å². The zero-order valence-corrected chi connectivity index (χ0v) is 14.0. The van der Waals surface area contributed by atoms with Crippen LogP contribution < -0.4 is 10.1 Å². The molecule has 1 aromatic heterocycles. The number of rotatable bonds is 5. The third kappa shape index (κ3) is 3.38. The SMILES string of the molecule is CCc1[nH]nc(-c2ccc(F)cc2)c1NC(=O)c1ccccc1OC. The van der Waals surface area contributed by atoms with Crippen molar-refractivity contribution in [2.24, 2.45) is 0 Å². The van der Waals surface area contributed by atoms with Crippen LogP contribution >= 0.6 is 0 Å². The number of H-pyrrole nitrogens is 1. The van der Waals surface area contributed by atoms with Crippen LogP contribution in [0, 0.1) is 5.82 Å². The molecule has 25 heavy (non-hydrogen) atoms. The summed E-state index contributed by atoms with van der Waals surface area (Å²) in [5.74, 6) is -0.128. The lowest BCUT2D eigenvalue weighted by atomic mass is 10.1. The van der Waals surface area contributed by atoms with Crippen molar-refractivity contribution < 1.29 is 13.9 Å². The smallest absolute Gasteiger partial charge is 0.259 e. The Morgan fingerprint density at radius 2 is 1.92 bits per heavy atom. The number of carbonyl (C=O) groups excluding carboxylic acids is 1. The number of hydrogen-bond acceptors (Lipinski definition) is 3. The van der Waals surface area contributed by atoms with Crippen LogP contribution in [-0.4, -0.2) is 23.2 Å². The Morgan fingerprint density at radius 1 is 1.20 bits per heavy atom. The molecular formula is C19H18FN3O2. The lowest BCUT2D eigenvalue weighted by molar-refractivity contribution is 0.102. The highest BCUT2D eigenvalue weighted by Gasteiger charge is 2.19. The summed E-state index contributed by atoms with van der Waals surface area (Å²) < 4.78 is 18.4. The van der Waals surface area contributed by atoms with Crippen molar-refractivity contribution in [3.63, 3.8) is 0 Å². The molecule has 0 radical (unpaired) electrons. The standard InChI is InChI=1S/C19H18FN3O2/c1-3-15-18(17(23-22-15)12-8-10-13(20)11-9-12)21-19(24)14-6-4-5-7-16(14)25-2/h4-11H,3H2,1-2H3,(H,21,24)(H,22,23). The largest absolute Gasteiger partial charge is 0.496 e. The third-order valence-corrected chi connectivity index (χ3v) is 3.90. The van der Waals surface area contributed by atoms with E-state index in [0.29, 0.717) is 34.7 Å². The number of aryl methyl sites for hydroxylation is 1. The van der Waals surface area contributed by atoms with Gasteiger partial charge in [-0.3, -0.25) is 9.89 Å². The number of carbonyl (C=O) groups is 1.